The van der Waals surface area contributed by atoms with Gasteiger partial charge in [0.25, 0.3) is 5.91 Å². The Balaban J connectivity index is 1.26. The molecule has 2 aliphatic heterocycles. The summed E-state index contributed by atoms with van der Waals surface area (Å²) in [4.78, 5) is 35.3. The largest absolute Gasteiger partial charge is 0.356 e. The van der Waals surface area contributed by atoms with Crippen LogP contribution in [0.5, 0.6) is 0 Å². The van der Waals surface area contributed by atoms with Gasteiger partial charge in [0.1, 0.15) is 5.03 Å². The van der Waals surface area contributed by atoms with E-state index in [0.717, 1.165) is 35.1 Å². The van der Waals surface area contributed by atoms with Crippen LogP contribution in [-0.2, 0) is 4.79 Å². The highest BCUT2D eigenvalue weighted by Gasteiger charge is 2.27. The van der Waals surface area contributed by atoms with Crippen molar-refractivity contribution in [2.45, 2.75) is 54.9 Å². The third-order valence-corrected chi connectivity index (χ3v) is 7.15. The van der Waals surface area contributed by atoms with Gasteiger partial charge >= 0.3 is 0 Å². The normalized spacial score (nSPS) is 16.6. The Hall–Kier alpha value is -2.38. The Morgan fingerprint density at radius 2 is 1.81 bits per heavy atom. The van der Waals surface area contributed by atoms with Gasteiger partial charge in [-0.05, 0) is 69.6 Å². The number of hydrogen-bond acceptors (Lipinski definition) is 5. The van der Waals surface area contributed by atoms with Gasteiger partial charge in [-0.3, -0.25) is 9.59 Å². The number of nitrogens with one attached hydrogen (secondary N) is 1. The lowest BCUT2D eigenvalue weighted by Gasteiger charge is -2.22. The van der Waals surface area contributed by atoms with Gasteiger partial charge in [-0.15, -0.1) is 0 Å². The first kappa shape index (κ1) is 22.8. The molecule has 0 aliphatic carbocycles. The van der Waals surface area contributed by atoms with E-state index in [-0.39, 0.29) is 11.8 Å². The van der Waals surface area contributed by atoms with Crippen LogP contribution < -0.4 is 10.2 Å². The van der Waals surface area contributed by atoms with Gasteiger partial charge in [0, 0.05) is 30.6 Å². The second-order valence-corrected chi connectivity index (χ2v) is 9.48. The second kappa shape index (κ2) is 11.5. The van der Waals surface area contributed by atoms with E-state index >= 15 is 0 Å². The number of para-hydroxylation sites is 1. The van der Waals surface area contributed by atoms with Crippen molar-refractivity contribution < 1.29 is 9.59 Å². The summed E-state index contributed by atoms with van der Waals surface area (Å²) in [6, 6.07) is 11.5. The van der Waals surface area contributed by atoms with Crippen LogP contribution in [0.25, 0.3) is 0 Å². The number of pyridine rings is 1. The molecule has 0 unspecified atom stereocenters. The summed E-state index contributed by atoms with van der Waals surface area (Å²) < 4.78 is 0. The molecule has 0 atom stereocenters. The summed E-state index contributed by atoms with van der Waals surface area (Å²) in [5, 5.41) is 3.78. The Bertz CT molecular complexity index is 928. The summed E-state index contributed by atoms with van der Waals surface area (Å²) in [7, 11) is 0. The lowest BCUT2D eigenvalue weighted by Crippen LogP contribution is -2.33. The van der Waals surface area contributed by atoms with E-state index in [4.69, 9.17) is 0 Å². The van der Waals surface area contributed by atoms with E-state index in [2.05, 4.69) is 15.2 Å². The van der Waals surface area contributed by atoms with Gasteiger partial charge in [0.05, 0.1) is 11.3 Å². The van der Waals surface area contributed by atoms with E-state index in [0.29, 0.717) is 24.9 Å². The third-order valence-electron chi connectivity index (χ3n) is 6.07. The van der Waals surface area contributed by atoms with Crippen LogP contribution in [0.4, 0.5) is 5.69 Å². The number of nitrogens with zero attached hydrogens (tertiary/aromatic N) is 3. The number of anilines is 1. The molecular weight excluding hydrogens is 420 g/mol. The zero-order valence-corrected chi connectivity index (χ0v) is 19.4. The number of amides is 2. The van der Waals surface area contributed by atoms with Crippen molar-refractivity contribution in [2.75, 3.05) is 37.6 Å². The smallest absolute Gasteiger partial charge is 0.261 e. The van der Waals surface area contributed by atoms with Crippen LogP contribution in [0.3, 0.4) is 0 Å². The molecule has 1 aromatic carbocycles. The molecule has 0 spiro atoms. The topological polar surface area (TPSA) is 65.5 Å². The predicted molar refractivity (Wildman–Crippen MR) is 128 cm³/mol. The SMILES string of the molecule is O=C(CCCN1C(=O)c2cccnc2Sc2ccccc21)NCCCN1CCCCCC1. The van der Waals surface area contributed by atoms with Crippen molar-refractivity contribution in [1.29, 1.82) is 0 Å². The summed E-state index contributed by atoms with van der Waals surface area (Å²) in [6.07, 6.45) is 9.03. The molecule has 6 nitrogen and oxygen atoms in total. The van der Waals surface area contributed by atoms with Gasteiger partial charge in [-0.1, -0.05) is 36.7 Å². The van der Waals surface area contributed by atoms with Gasteiger partial charge in [-0.25, -0.2) is 4.98 Å². The molecule has 1 saturated heterocycles. The van der Waals surface area contributed by atoms with Crippen LogP contribution in [0.1, 0.15) is 55.3 Å². The van der Waals surface area contributed by atoms with Crippen molar-refractivity contribution in [2.24, 2.45) is 0 Å². The Kier molecular flexibility index (Phi) is 8.18. The minimum atomic E-state index is -0.0524. The van der Waals surface area contributed by atoms with Crippen LogP contribution in [-0.4, -0.2) is 54.4 Å². The van der Waals surface area contributed by atoms with Crippen LogP contribution in [0.2, 0.25) is 0 Å². The Morgan fingerprint density at radius 1 is 1.00 bits per heavy atom. The van der Waals surface area contributed by atoms with Crippen LogP contribution in [0.15, 0.2) is 52.5 Å². The maximum absolute atomic E-state index is 13.2. The molecule has 32 heavy (non-hydrogen) atoms. The number of likely N-dealkylation sites (tertiary alicyclic amines) is 1. The molecular formula is C25H32N4O2S. The average Bonchev–Trinajstić information content (AvgIpc) is 3.14. The van der Waals surface area contributed by atoms with Gasteiger partial charge < -0.3 is 15.1 Å². The monoisotopic (exact) mass is 452 g/mol. The summed E-state index contributed by atoms with van der Waals surface area (Å²) in [6.45, 7) is 4.67. The molecule has 0 saturated carbocycles. The summed E-state index contributed by atoms with van der Waals surface area (Å²) in [5.41, 5.74) is 1.50. The van der Waals surface area contributed by atoms with Gasteiger partial charge in [0.15, 0.2) is 0 Å². The quantitative estimate of drug-likeness (QED) is 0.603. The number of carbonyl (C=O) groups excluding carboxylic acids is 2. The molecule has 1 aromatic heterocycles. The number of carbonyl (C=O) groups is 2. The third kappa shape index (κ3) is 5.90. The average molecular weight is 453 g/mol. The number of hydrogen-bond donors (Lipinski definition) is 1. The highest BCUT2D eigenvalue weighted by Crippen LogP contribution is 2.40. The number of fused-ring (bicyclic) bond motifs is 2. The zero-order valence-electron chi connectivity index (χ0n) is 18.6. The maximum Gasteiger partial charge on any atom is 0.261 e. The molecule has 1 fully saturated rings. The standard InChI is InChI=1S/C25H32N4O2S/c30-23(26-15-9-18-28-16-5-1-2-6-17-28)13-8-19-29-21-11-3-4-12-22(21)32-24-20(25(29)31)10-7-14-27-24/h3-4,7,10-12,14H,1-2,5-6,8-9,13,15-19H2,(H,26,30). The van der Waals surface area contributed by atoms with Crippen molar-refractivity contribution >= 4 is 29.3 Å². The van der Waals surface area contributed by atoms with E-state index < -0.39 is 0 Å². The molecule has 0 bridgehead atoms. The minimum absolute atomic E-state index is 0.0524. The van der Waals surface area contributed by atoms with E-state index in [1.54, 1.807) is 17.2 Å². The second-order valence-electron chi connectivity index (χ2n) is 8.45. The van der Waals surface area contributed by atoms with Crippen molar-refractivity contribution in [3.8, 4) is 0 Å². The van der Waals surface area contributed by atoms with Crippen molar-refractivity contribution in [1.82, 2.24) is 15.2 Å². The summed E-state index contributed by atoms with van der Waals surface area (Å²) >= 11 is 1.52. The van der Waals surface area contributed by atoms with Gasteiger partial charge in [0.2, 0.25) is 5.91 Å². The number of rotatable bonds is 8. The molecule has 2 aliphatic rings. The maximum atomic E-state index is 13.2. The lowest BCUT2D eigenvalue weighted by atomic mass is 10.2. The lowest BCUT2D eigenvalue weighted by molar-refractivity contribution is -0.121. The fraction of sp³-hybridized carbons (Fsp3) is 0.480. The molecule has 0 radical (unpaired) electrons. The van der Waals surface area contributed by atoms with Crippen molar-refractivity contribution in [3.05, 3.63) is 48.2 Å². The molecule has 1 N–H and O–H groups in total. The minimum Gasteiger partial charge on any atom is -0.356 e. The molecule has 7 heteroatoms. The number of aromatic nitrogens is 1. The van der Waals surface area contributed by atoms with E-state index in [9.17, 15) is 9.59 Å². The van der Waals surface area contributed by atoms with E-state index in [1.807, 2.05) is 30.3 Å². The predicted octanol–water partition coefficient (Wildman–Crippen LogP) is 4.36. The molecule has 2 amide bonds. The highest BCUT2D eigenvalue weighted by molar-refractivity contribution is 7.99. The summed E-state index contributed by atoms with van der Waals surface area (Å²) in [5.74, 6) is 0.0104. The van der Waals surface area contributed by atoms with Gasteiger partial charge in [-0.2, -0.15) is 0 Å². The first-order valence-electron chi connectivity index (χ1n) is 11.8. The number of benzene rings is 1. The first-order chi connectivity index (χ1) is 15.7. The highest BCUT2D eigenvalue weighted by atomic mass is 32.2. The Morgan fingerprint density at radius 3 is 2.66 bits per heavy atom. The molecule has 4 rings (SSSR count). The van der Waals surface area contributed by atoms with Crippen LogP contribution in [0, 0.1) is 0 Å². The first-order valence-corrected chi connectivity index (χ1v) is 12.6. The molecule has 3 heterocycles. The molecule has 2 aromatic rings. The molecule has 170 valence electrons. The van der Waals surface area contributed by atoms with E-state index in [1.165, 1.54) is 50.5 Å². The zero-order chi connectivity index (χ0) is 22.2. The fourth-order valence-electron chi connectivity index (χ4n) is 4.36. The Labute approximate surface area is 194 Å². The fourth-order valence-corrected chi connectivity index (χ4v) is 5.38. The van der Waals surface area contributed by atoms with Crippen LogP contribution >= 0.6 is 11.8 Å². The van der Waals surface area contributed by atoms with Crippen molar-refractivity contribution in [3.63, 3.8) is 0 Å².